The van der Waals surface area contributed by atoms with Crippen LogP contribution in [0.15, 0.2) is 36.8 Å². The topological polar surface area (TPSA) is 58.0 Å². The highest BCUT2D eigenvalue weighted by Crippen LogP contribution is 2.17. The fourth-order valence-electron chi connectivity index (χ4n) is 1.64. The number of nitrogens with one attached hydrogen (secondary N) is 1. The van der Waals surface area contributed by atoms with E-state index in [1.165, 1.54) is 12.4 Å². The number of rotatable bonds is 5. The van der Waals surface area contributed by atoms with E-state index in [0.717, 1.165) is 17.8 Å². The predicted molar refractivity (Wildman–Crippen MR) is 65.1 cm³/mol. The zero-order chi connectivity index (χ0) is 13.7. The minimum Gasteiger partial charge on any atom is -0.387 e. The first-order valence-electron chi connectivity index (χ1n) is 5.75. The number of aromatic nitrogens is 2. The summed E-state index contributed by atoms with van der Waals surface area (Å²) >= 11 is 0. The van der Waals surface area contributed by atoms with Gasteiger partial charge in [-0.15, -0.1) is 0 Å². The molecule has 0 saturated carbocycles. The van der Waals surface area contributed by atoms with Gasteiger partial charge < -0.3 is 10.4 Å². The lowest BCUT2D eigenvalue weighted by Crippen LogP contribution is -2.22. The molecule has 2 aromatic rings. The summed E-state index contributed by atoms with van der Waals surface area (Å²) in [5, 5.41) is 12.8. The Morgan fingerprint density at radius 1 is 1.26 bits per heavy atom. The van der Waals surface area contributed by atoms with Gasteiger partial charge in [0.25, 0.3) is 0 Å². The van der Waals surface area contributed by atoms with Crippen molar-refractivity contribution in [1.82, 2.24) is 15.3 Å². The second kappa shape index (κ2) is 6.31. The Hall–Kier alpha value is -1.92. The first-order valence-corrected chi connectivity index (χ1v) is 5.75. The lowest BCUT2D eigenvalue weighted by atomic mass is 10.1. The van der Waals surface area contributed by atoms with Crippen LogP contribution < -0.4 is 5.32 Å². The van der Waals surface area contributed by atoms with Crippen molar-refractivity contribution >= 4 is 0 Å². The van der Waals surface area contributed by atoms with Crippen molar-refractivity contribution in [2.24, 2.45) is 0 Å². The highest BCUT2D eigenvalue weighted by atomic mass is 19.1. The lowest BCUT2D eigenvalue weighted by Gasteiger charge is -2.12. The van der Waals surface area contributed by atoms with E-state index in [1.54, 1.807) is 12.3 Å². The summed E-state index contributed by atoms with van der Waals surface area (Å²) < 4.78 is 26.1. The maximum absolute atomic E-state index is 13.4. The molecule has 1 aromatic heterocycles. The first-order chi connectivity index (χ1) is 9.16. The van der Waals surface area contributed by atoms with Gasteiger partial charge in [0.05, 0.1) is 11.8 Å². The van der Waals surface area contributed by atoms with Gasteiger partial charge in [-0.25, -0.2) is 18.7 Å². The molecule has 0 aliphatic heterocycles. The van der Waals surface area contributed by atoms with Crippen molar-refractivity contribution in [3.8, 4) is 0 Å². The molecule has 100 valence electrons. The van der Waals surface area contributed by atoms with Crippen LogP contribution >= 0.6 is 0 Å². The highest BCUT2D eigenvalue weighted by molar-refractivity contribution is 5.21. The molecule has 1 aromatic carbocycles. The van der Waals surface area contributed by atoms with Crippen molar-refractivity contribution in [1.29, 1.82) is 0 Å². The Kier molecular flexibility index (Phi) is 4.48. The zero-order valence-electron chi connectivity index (χ0n) is 10.1. The maximum atomic E-state index is 13.4. The quantitative estimate of drug-likeness (QED) is 0.861. The molecule has 19 heavy (non-hydrogen) atoms. The molecule has 6 heteroatoms. The Bertz CT molecular complexity index is 537. The third-order valence-electron chi connectivity index (χ3n) is 2.61. The molecule has 1 unspecified atom stereocenters. The van der Waals surface area contributed by atoms with Crippen molar-refractivity contribution in [2.75, 3.05) is 6.54 Å². The van der Waals surface area contributed by atoms with Crippen LogP contribution in [0.3, 0.4) is 0 Å². The molecule has 0 spiro atoms. The number of aliphatic hydroxyl groups is 1. The molecular formula is C13H13F2N3O. The minimum atomic E-state index is -1.04. The molecule has 1 heterocycles. The summed E-state index contributed by atoms with van der Waals surface area (Å²) in [4.78, 5) is 7.78. The fourth-order valence-corrected chi connectivity index (χ4v) is 1.64. The summed E-state index contributed by atoms with van der Waals surface area (Å²) in [5.41, 5.74) is 0.832. The van der Waals surface area contributed by atoms with Crippen LogP contribution in [0.25, 0.3) is 0 Å². The van der Waals surface area contributed by atoms with Crippen LogP contribution in [0.5, 0.6) is 0 Å². The summed E-state index contributed by atoms with van der Waals surface area (Å²) in [7, 11) is 0. The predicted octanol–water partition coefficient (Wildman–Crippen LogP) is 1.58. The zero-order valence-corrected chi connectivity index (χ0v) is 10.1. The Morgan fingerprint density at radius 3 is 2.79 bits per heavy atom. The van der Waals surface area contributed by atoms with Gasteiger partial charge in [0.15, 0.2) is 0 Å². The van der Waals surface area contributed by atoms with Gasteiger partial charge in [0.2, 0.25) is 0 Å². The molecular weight excluding hydrogens is 252 g/mol. The van der Waals surface area contributed by atoms with E-state index in [9.17, 15) is 13.9 Å². The number of aliphatic hydroxyl groups excluding tert-OH is 1. The smallest absolute Gasteiger partial charge is 0.131 e. The second-order valence-corrected chi connectivity index (χ2v) is 4.01. The molecule has 1 atom stereocenters. The largest absolute Gasteiger partial charge is 0.387 e. The first kappa shape index (κ1) is 13.5. The van der Waals surface area contributed by atoms with Crippen LogP contribution in [0.4, 0.5) is 8.78 Å². The van der Waals surface area contributed by atoms with Gasteiger partial charge in [-0.3, -0.25) is 0 Å². The van der Waals surface area contributed by atoms with E-state index in [0.29, 0.717) is 6.54 Å². The van der Waals surface area contributed by atoms with Gasteiger partial charge in [0.1, 0.15) is 18.0 Å². The van der Waals surface area contributed by atoms with Gasteiger partial charge >= 0.3 is 0 Å². The van der Waals surface area contributed by atoms with E-state index in [1.807, 2.05) is 0 Å². The van der Waals surface area contributed by atoms with Gasteiger partial charge in [-0.1, -0.05) is 6.07 Å². The Balaban J connectivity index is 1.89. The van der Waals surface area contributed by atoms with Crippen molar-refractivity contribution in [3.05, 3.63) is 59.7 Å². The monoisotopic (exact) mass is 265 g/mol. The SMILES string of the molecule is OC(CNCc1ccncn1)c1ccc(F)cc1F. The van der Waals surface area contributed by atoms with E-state index < -0.39 is 17.7 Å². The van der Waals surface area contributed by atoms with Crippen molar-refractivity contribution in [2.45, 2.75) is 12.6 Å². The molecule has 0 radical (unpaired) electrons. The van der Waals surface area contributed by atoms with E-state index >= 15 is 0 Å². The second-order valence-electron chi connectivity index (χ2n) is 4.01. The average Bonchev–Trinajstić information content (AvgIpc) is 2.39. The maximum Gasteiger partial charge on any atom is 0.131 e. The molecule has 2 N–H and O–H groups in total. The Labute approximate surface area is 109 Å². The minimum absolute atomic E-state index is 0.0663. The molecule has 2 rings (SSSR count). The van der Waals surface area contributed by atoms with Gasteiger partial charge in [0, 0.05) is 30.9 Å². The number of benzene rings is 1. The molecule has 0 aliphatic rings. The molecule has 0 fully saturated rings. The average molecular weight is 265 g/mol. The molecule has 0 amide bonds. The molecule has 0 bridgehead atoms. The van der Waals surface area contributed by atoms with Crippen LogP contribution in [-0.2, 0) is 6.54 Å². The number of halogens is 2. The standard InChI is InChI=1S/C13H13F2N3O/c14-9-1-2-11(12(15)5-9)13(19)7-17-6-10-3-4-16-8-18-10/h1-5,8,13,17,19H,6-7H2. The highest BCUT2D eigenvalue weighted by Gasteiger charge is 2.13. The molecule has 0 saturated heterocycles. The van der Waals surface area contributed by atoms with Crippen LogP contribution in [0.1, 0.15) is 17.4 Å². The summed E-state index contributed by atoms with van der Waals surface area (Å²) in [6, 6.07) is 4.84. The third kappa shape index (κ3) is 3.77. The summed E-state index contributed by atoms with van der Waals surface area (Å²) in [6.45, 7) is 0.578. The fraction of sp³-hybridized carbons (Fsp3) is 0.231. The number of hydrogen-bond acceptors (Lipinski definition) is 4. The van der Waals surface area contributed by atoms with E-state index in [4.69, 9.17) is 0 Å². The molecule has 4 nitrogen and oxygen atoms in total. The van der Waals surface area contributed by atoms with Crippen molar-refractivity contribution in [3.63, 3.8) is 0 Å². The third-order valence-corrected chi connectivity index (χ3v) is 2.61. The van der Waals surface area contributed by atoms with Crippen molar-refractivity contribution < 1.29 is 13.9 Å². The molecule has 0 aliphatic carbocycles. The lowest BCUT2D eigenvalue weighted by molar-refractivity contribution is 0.169. The van der Waals surface area contributed by atoms with Gasteiger partial charge in [-0.2, -0.15) is 0 Å². The Morgan fingerprint density at radius 2 is 2.11 bits per heavy atom. The van der Waals surface area contributed by atoms with Gasteiger partial charge in [-0.05, 0) is 12.1 Å². The number of hydrogen-bond donors (Lipinski definition) is 2. The normalized spacial score (nSPS) is 12.4. The summed E-state index contributed by atoms with van der Waals surface area (Å²) in [6.07, 6.45) is 2.00. The van der Waals surface area contributed by atoms with Crippen LogP contribution in [0.2, 0.25) is 0 Å². The van der Waals surface area contributed by atoms with Crippen LogP contribution in [-0.4, -0.2) is 21.6 Å². The van der Waals surface area contributed by atoms with E-state index in [-0.39, 0.29) is 12.1 Å². The number of nitrogens with zero attached hydrogens (tertiary/aromatic N) is 2. The van der Waals surface area contributed by atoms with E-state index in [2.05, 4.69) is 15.3 Å². The summed E-state index contributed by atoms with van der Waals surface area (Å²) in [5.74, 6) is -1.42. The van der Waals surface area contributed by atoms with Crippen LogP contribution in [0, 0.1) is 11.6 Å².